The summed E-state index contributed by atoms with van der Waals surface area (Å²) in [4.78, 5) is 16.8. The Hall–Kier alpha value is -2.42. The van der Waals surface area contributed by atoms with Crippen LogP contribution in [0, 0.1) is 13.8 Å². The summed E-state index contributed by atoms with van der Waals surface area (Å²) in [6, 6.07) is 1.88. The van der Waals surface area contributed by atoms with Crippen LogP contribution >= 0.6 is 11.3 Å². The molecule has 3 rings (SSSR count). The molecule has 24 heavy (non-hydrogen) atoms. The maximum Gasteiger partial charge on any atom is 0.295 e. The third kappa shape index (κ3) is 3.12. The van der Waals surface area contributed by atoms with Gasteiger partial charge in [-0.05, 0) is 26.3 Å². The molecule has 3 aromatic rings. The van der Waals surface area contributed by atoms with E-state index in [9.17, 15) is 4.79 Å². The zero-order valence-corrected chi connectivity index (χ0v) is 14.9. The number of aryl methyl sites for hydroxylation is 2. The SMILES string of the molecule is CCC[C@H](C)c1nnc(NC(=O)c2nnc3nc(C)cc(C)n23)s1. The summed E-state index contributed by atoms with van der Waals surface area (Å²) in [6.07, 6.45) is 2.13. The molecular formula is C15H19N7OS. The van der Waals surface area contributed by atoms with Crippen LogP contribution in [0.15, 0.2) is 6.07 Å². The average molecular weight is 345 g/mol. The molecule has 0 unspecified atom stereocenters. The minimum Gasteiger partial charge on any atom is -0.294 e. The Balaban J connectivity index is 1.83. The Kier molecular flexibility index (Phi) is 4.52. The molecule has 0 fully saturated rings. The molecule has 3 heterocycles. The highest BCUT2D eigenvalue weighted by Gasteiger charge is 2.19. The Morgan fingerprint density at radius 1 is 1.29 bits per heavy atom. The van der Waals surface area contributed by atoms with Crippen molar-refractivity contribution in [2.24, 2.45) is 0 Å². The van der Waals surface area contributed by atoms with Gasteiger partial charge in [0.25, 0.3) is 11.7 Å². The first kappa shape index (κ1) is 16.4. The standard InChI is InChI=1S/C15H19N7OS/c1-5-6-8(2)13-19-21-15(24-13)17-12(23)11-18-20-14-16-9(3)7-10(4)22(11)14/h7-8H,5-6H2,1-4H3,(H,17,21,23)/t8-/m0/s1. The van der Waals surface area contributed by atoms with E-state index in [1.807, 2.05) is 19.9 Å². The number of aromatic nitrogens is 6. The van der Waals surface area contributed by atoms with Crippen LogP contribution in [0.4, 0.5) is 5.13 Å². The lowest BCUT2D eigenvalue weighted by Gasteiger charge is -2.04. The van der Waals surface area contributed by atoms with E-state index in [1.54, 1.807) is 4.40 Å². The van der Waals surface area contributed by atoms with Crippen LogP contribution in [-0.2, 0) is 0 Å². The molecule has 0 aliphatic rings. The molecule has 3 aromatic heterocycles. The van der Waals surface area contributed by atoms with E-state index in [0.717, 1.165) is 29.2 Å². The summed E-state index contributed by atoms with van der Waals surface area (Å²) in [6.45, 7) is 8.01. The molecule has 1 N–H and O–H groups in total. The van der Waals surface area contributed by atoms with E-state index in [1.165, 1.54) is 11.3 Å². The van der Waals surface area contributed by atoms with Gasteiger partial charge in [0.15, 0.2) is 0 Å². The molecular weight excluding hydrogens is 326 g/mol. The predicted octanol–water partition coefficient (Wildman–Crippen LogP) is 2.75. The lowest BCUT2D eigenvalue weighted by molar-refractivity contribution is 0.101. The molecule has 0 saturated carbocycles. The highest BCUT2D eigenvalue weighted by atomic mass is 32.1. The van der Waals surface area contributed by atoms with Crippen molar-refractivity contribution >= 4 is 28.2 Å². The summed E-state index contributed by atoms with van der Waals surface area (Å²) >= 11 is 1.39. The lowest BCUT2D eigenvalue weighted by atomic mass is 10.1. The van der Waals surface area contributed by atoms with Crippen molar-refractivity contribution in [3.8, 4) is 0 Å². The highest BCUT2D eigenvalue weighted by molar-refractivity contribution is 7.15. The zero-order chi connectivity index (χ0) is 17.3. The summed E-state index contributed by atoms with van der Waals surface area (Å²) in [7, 11) is 0. The number of fused-ring (bicyclic) bond motifs is 1. The van der Waals surface area contributed by atoms with Gasteiger partial charge in [0, 0.05) is 17.3 Å². The molecule has 0 aliphatic carbocycles. The number of carbonyl (C=O) groups excluding carboxylic acids is 1. The van der Waals surface area contributed by atoms with E-state index in [4.69, 9.17) is 0 Å². The molecule has 0 aromatic carbocycles. The minimum absolute atomic E-state index is 0.188. The molecule has 0 aliphatic heterocycles. The molecule has 9 heteroatoms. The van der Waals surface area contributed by atoms with Gasteiger partial charge in [-0.25, -0.2) is 4.98 Å². The second-order valence-corrected chi connectivity index (χ2v) is 6.80. The summed E-state index contributed by atoms with van der Waals surface area (Å²) in [5.74, 6) is 0.559. The van der Waals surface area contributed by atoms with Crippen molar-refractivity contribution in [2.75, 3.05) is 5.32 Å². The number of rotatable bonds is 5. The predicted molar refractivity (Wildman–Crippen MR) is 91.4 cm³/mol. The van der Waals surface area contributed by atoms with Crippen molar-refractivity contribution in [1.29, 1.82) is 0 Å². The van der Waals surface area contributed by atoms with Crippen LogP contribution in [0.1, 0.15) is 59.6 Å². The van der Waals surface area contributed by atoms with Gasteiger partial charge < -0.3 is 0 Å². The molecule has 0 spiro atoms. The molecule has 0 bridgehead atoms. The van der Waals surface area contributed by atoms with Crippen LogP contribution in [0.3, 0.4) is 0 Å². The van der Waals surface area contributed by atoms with E-state index in [2.05, 4.69) is 44.5 Å². The quantitative estimate of drug-likeness (QED) is 0.763. The fraction of sp³-hybridized carbons (Fsp3) is 0.467. The van der Waals surface area contributed by atoms with Gasteiger partial charge in [-0.2, -0.15) is 0 Å². The Morgan fingerprint density at radius 2 is 2.08 bits per heavy atom. The van der Waals surface area contributed by atoms with Crippen LogP contribution in [0.5, 0.6) is 0 Å². The first-order valence-corrected chi connectivity index (χ1v) is 8.65. The van der Waals surface area contributed by atoms with Gasteiger partial charge in [-0.1, -0.05) is 31.6 Å². The monoisotopic (exact) mass is 345 g/mol. The molecule has 0 saturated heterocycles. The zero-order valence-electron chi connectivity index (χ0n) is 14.1. The van der Waals surface area contributed by atoms with Crippen molar-refractivity contribution in [3.63, 3.8) is 0 Å². The molecule has 1 amide bonds. The van der Waals surface area contributed by atoms with E-state index < -0.39 is 0 Å². The second kappa shape index (κ2) is 6.60. The summed E-state index contributed by atoms with van der Waals surface area (Å²) in [5.41, 5.74) is 1.68. The first-order valence-electron chi connectivity index (χ1n) is 7.83. The number of amides is 1. The van der Waals surface area contributed by atoms with Gasteiger partial charge in [0.05, 0.1) is 0 Å². The third-order valence-corrected chi connectivity index (χ3v) is 4.77. The number of carbonyl (C=O) groups is 1. The Morgan fingerprint density at radius 3 is 2.83 bits per heavy atom. The largest absolute Gasteiger partial charge is 0.295 e. The highest BCUT2D eigenvalue weighted by Crippen LogP contribution is 2.26. The molecule has 126 valence electrons. The van der Waals surface area contributed by atoms with Crippen molar-refractivity contribution in [2.45, 2.75) is 46.5 Å². The molecule has 0 radical (unpaired) electrons. The van der Waals surface area contributed by atoms with Crippen molar-refractivity contribution in [1.82, 2.24) is 29.8 Å². The van der Waals surface area contributed by atoms with E-state index in [0.29, 0.717) is 16.8 Å². The topological polar surface area (TPSA) is 98.0 Å². The first-order chi connectivity index (χ1) is 11.5. The van der Waals surface area contributed by atoms with E-state index in [-0.39, 0.29) is 11.7 Å². The van der Waals surface area contributed by atoms with Crippen molar-refractivity contribution in [3.05, 3.63) is 28.3 Å². The Bertz CT molecular complexity index is 885. The normalized spacial score (nSPS) is 12.5. The number of nitrogens with one attached hydrogen (secondary N) is 1. The van der Waals surface area contributed by atoms with Crippen molar-refractivity contribution < 1.29 is 4.79 Å². The maximum atomic E-state index is 12.5. The smallest absolute Gasteiger partial charge is 0.294 e. The number of hydrogen-bond acceptors (Lipinski definition) is 7. The van der Waals surface area contributed by atoms with Gasteiger partial charge in [-0.15, -0.1) is 20.4 Å². The van der Waals surface area contributed by atoms with Crippen LogP contribution in [0.25, 0.3) is 5.78 Å². The average Bonchev–Trinajstić information content (AvgIpc) is 3.14. The van der Waals surface area contributed by atoms with Gasteiger partial charge in [0.2, 0.25) is 11.0 Å². The van der Waals surface area contributed by atoms with E-state index >= 15 is 0 Å². The lowest BCUT2D eigenvalue weighted by Crippen LogP contribution is -2.16. The van der Waals surface area contributed by atoms with Gasteiger partial charge >= 0.3 is 0 Å². The molecule has 8 nitrogen and oxygen atoms in total. The maximum absolute atomic E-state index is 12.5. The third-order valence-electron chi connectivity index (χ3n) is 3.70. The molecule has 1 atom stereocenters. The van der Waals surface area contributed by atoms with Crippen LogP contribution in [-0.4, -0.2) is 35.7 Å². The Labute approximate surface area is 143 Å². The minimum atomic E-state index is -0.373. The van der Waals surface area contributed by atoms with Crippen LogP contribution < -0.4 is 5.32 Å². The number of hydrogen-bond donors (Lipinski definition) is 1. The van der Waals surface area contributed by atoms with Crippen LogP contribution in [0.2, 0.25) is 0 Å². The fourth-order valence-electron chi connectivity index (χ4n) is 2.57. The summed E-state index contributed by atoms with van der Waals surface area (Å²) < 4.78 is 1.63. The second-order valence-electron chi connectivity index (χ2n) is 5.79. The fourth-order valence-corrected chi connectivity index (χ4v) is 3.40. The van der Waals surface area contributed by atoms with Gasteiger partial charge in [0.1, 0.15) is 5.01 Å². The summed E-state index contributed by atoms with van der Waals surface area (Å²) in [5, 5.41) is 20.3. The number of anilines is 1. The van der Waals surface area contributed by atoms with Gasteiger partial charge in [-0.3, -0.25) is 14.5 Å². The number of nitrogens with zero attached hydrogens (tertiary/aromatic N) is 6.